The molecule has 0 aliphatic rings. The van der Waals surface area contributed by atoms with Gasteiger partial charge in [-0.05, 0) is 156 Å². The van der Waals surface area contributed by atoms with Crippen molar-refractivity contribution in [2.45, 2.75) is 41.0 Å². The van der Waals surface area contributed by atoms with Crippen LogP contribution in [0.1, 0.15) is 50.5 Å². The number of imidazole rings is 4. The molecule has 2 aromatic carbocycles. The first-order valence-electron chi connectivity index (χ1n) is 46.3. The summed E-state index contributed by atoms with van der Waals surface area (Å²) < 4.78 is 0. The zero-order valence-electron chi connectivity index (χ0n) is 78.9. The van der Waals surface area contributed by atoms with Crippen molar-refractivity contribution in [3.8, 4) is 135 Å². The minimum absolute atomic E-state index is 0.0594. The number of thiophene rings is 4. The lowest BCUT2D eigenvalue weighted by atomic mass is 9.95. The van der Waals surface area contributed by atoms with Crippen LogP contribution < -0.4 is 21.3 Å². The molecular weight excluding hydrogens is 1940 g/mol. The Morgan fingerprint density at radius 3 is 1.06 bits per heavy atom. The van der Waals surface area contributed by atoms with Crippen LogP contribution in [0.5, 0.6) is 0 Å². The van der Waals surface area contributed by atoms with E-state index in [1.165, 1.54) is 0 Å². The summed E-state index contributed by atoms with van der Waals surface area (Å²) in [5, 5.41) is 61.3. The third-order valence-electron chi connectivity index (χ3n) is 24.3. The summed E-state index contributed by atoms with van der Waals surface area (Å²) in [5.41, 5.74) is 30.3. The Labute approximate surface area is 854 Å². The average molecular weight is 2020 g/mol. The van der Waals surface area contributed by atoms with Crippen molar-refractivity contribution in [1.82, 2.24) is 140 Å². The molecule has 0 fully saturated rings. The molecule has 0 spiro atoms. The number of hydrogen-bond acceptors (Lipinski definition) is 28. The summed E-state index contributed by atoms with van der Waals surface area (Å²) in [6.07, 6.45) is 35.2. The van der Waals surface area contributed by atoms with Crippen LogP contribution in [0.3, 0.4) is 0 Å². The quantitative estimate of drug-likeness (QED) is 0.0337. The molecule has 26 rings (SSSR count). The van der Waals surface area contributed by atoms with Gasteiger partial charge in [-0.1, -0.05) is 83.1 Å². The monoisotopic (exact) mass is 2020 g/mol. The van der Waals surface area contributed by atoms with Crippen molar-refractivity contribution in [2.24, 2.45) is 11.3 Å². The first kappa shape index (κ1) is 92.4. The Balaban J connectivity index is 0.000000109. The highest BCUT2D eigenvalue weighted by atomic mass is 32.1. The second-order valence-electron chi connectivity index (χ2n) is 35.7. The Morgan fingerprint density at radius 1 is 0.331 bits per heavy atom. The zero-order chi connectivity index (χ0) is 100. The number of nitrogens with one attached hydrogen (secondary N) is 12. The van der Waals surface area contributed by atoms with Gasteiger partial charge in [-0.2, -0.15) is 65.7 Å². The topological polar surface area (TPSA) is 501 Å². The number of nitrogens with zero attached hydrogens (tertiary/aromatic N) is 20. The van der Waals surface area contributed by atoms with Crippen LogP contribution in [0.15, 0.2) is 300 Å². The first-order chi connectivity index (χ1) is 72.4. The van der Waals surface area contributed by atoms with Gasteiger partial charge in [0.05, 0.1) is 122 Å². The molecule has 24 aromatic heterocycles. The van der Waals surface area contributed by atoms with E-state index in [4.69, 9.17) is 19.9 Å². The molecule has 0 atom stereocenters. The molecule has 0 aliphatic heterocycles. The van der Waals surface area contributed by atoms with Gasteiger partial charge < -0.3 is 41.2 Å². The fraction of sp³-hybridized carbons (Fsp3) is 0.0741. The lowest BCUT2D eigenvalue weighted by Gasteiger charge is -2.17. The second kappa shape index (κ2) is 39.9. The molecule has 24 heterocycles. The van der Waals surface area contributed by atoms with Crippen molar-refractivity contribution < 1.29 is 19.2 Å². The zero-order valence-corrected chi connectivity index (χ0v) is 82.1. The number of carbonyl (C=O) groups is 4. The fourth-order valence-corrected chi connectivity index (χ4v) is 19.3. The van der Waals surface area contributed by atoms with Gasteiger partial charge in [0.2, 0.25) is 17.7 Å². The number of hydrogen-bond donors (Lipinski definition) is 12. The number of amides is 4. The highest BCUT2D eigenvalue weighted by Gasteiger charge is 2.27. The number of fused-ring (bicyclic) bond motifs is 8. The lowest BCUT2D eigenvalue weighted by molar-refractivity contribution is -0.123. The Hall–Kier alpha value is -19.3. The summed E-state index contributed by atoms with van der Waals surface area (Å²) in [7, 11) is 0. The molecule has 0 saturated heterocycles. The van der Waals surface area contributed by atoms with Crippen molar-refractivity contribution in [2.75, 3.05) is 21.3 Å². The number of pyridine rings is 12. The molecular formula is C108H80N32O4S4. The molecule has 26 aromatic rings. The van der Waals surface area contributed by atoms with Gasteiger partial charge >= 0.3 is 0 Å². The van der Waals surface area contributed by atoms with Crippen molar-refractivity contribution >= 4 is 180 Å². The molecule has 40 heteroatoms. The fourth-order valence-electron chi connectivity index (χ4n) is 16.7. The van der Waals surface area contributed by atoms with E-state index in [0.29, 0.717) is 79.9 Å². The Kier molecular flexibility index (Phi) is 24.9. The smallest absolute Gasteiger partial charge is 0.255 e. The predicted octanol–water partition coefficient (Wildman–Crippen LogP) is 22.8. The predicted molar refractivity (Wildman–Crippen MR) is 578 cm³/mol. The summed E-state index contributed by atoms with van der Waals surface area (Å²) >= 11 is 6.54. The van der Waals surface area contributed by atoms with Crippen molar-refractivity contribution in [3.63, 3.8) is 0 Å². The number of aromatic amines is 8. The van der Waals surface area contributed by atoms with E-state index in [0.717, 1.165) is 177 Å². The third kappa shape index (κ3) is 19.2. The molecule has 36 nitrogen and oxygen atoms in total. The molecule has 0 saturated carbocycles. The third-order valence-corrected chi connectivity index (χ3v) is 27.0. The molecule has 0 bridgehead atoms. The van der Waals surface area contributed by atoms with E-state index in [1.54, 1.807) is 157 Å². The standard InChI is InChI=1S/C29H20N8OS.C28H18N8OS.C26H22N8OS.C25H20N8OS/c38-25(8-17-4-2-1-3-5-17)33-21-9-19(11-30-13-21)20-10-22-27(36-37-28(22)32-12-20)29-34-24-15-31-14-23(26(24)35-29)18-6-7-39-16-18;37-28(16-4-2-1-3-5-16)32-20-8-18(10-29-12-20)19-9-21-25(35-36-26(21)31-11-19)27-33-23-14-30-13-22(24(23)34-27)17-6-7-38-15-17;1-26(2,3)25(35)30-17-6-15(8-27-10-17)16-7-18-22(33-34-23(18)29-9-16)24-31-20-12-28-11-19(21(20)32-24)14-4-5-36-13-14;1-13(2)25(34)29-17-5-15(7-26-9-17)16-6-18-22(32-33-23(18)28-8-16)24-30-20-11-27-10-19(21(20)31-24)14-3-4-35-12-14/h1-7,9-16H,8H2,(H,33,38)(H,34,35)(H,32,36,37);1-15H,(H,32,37)(H,33,34)(H,31,35,36);4-13H,1-3H3,(H,30,35)(H,31,32)(H,29,33,34);3-13H,1-2H3,(H,29,34)(H,30,31)(H,28,32,33). The van der Waals surface area contributed by atoms with E-state index < -0.39 is 5.41 Å². The van der Waals surface area contributed by atoms with E-state index in [1.807, 2.05) is 178 Å². The van der Waals surface area contributed by atoms with Gasteiger partial charge in [-0.15, -0.1) is 0 Å². The maximum Gasteiger partial charge on any atom is 0.255 e. The lowest BCUT2D eigenvalue weighted by Crippen LogP contribution is -2.27. The van der Waals surface area contributed by atoms with E-state index in [9.17, 15) is 19.2 Å². The van der Waals surface area contributed by atoms with Crippen LogP contribution in [-0.2, 0) is 20.8 Å². The molecule has 0 radical (unpaired) electrons. The Morgan fingerprint density at radius 2 is 0.676 bits per heavy atom. The Bertz CT molecular complexity index is 9430. The number of H-pyrrole nitrogens is 8. The van der Waals surface area contributed by atoms with Gasteiger partial charge in [0.1, 0.15) is 44.8 Å². The van der Waals surface area contributed by atoms with Crippen LogP contribution in [-0.4, -0.2) is 164 Å². The average Bonchev–Trinajstić information content (AvgIpc) is 1.63. The van der Waals surface area contributed by atoms with Crippen LogP contribution in [0.2, 0.25) is 0 Å². The summed E-state index contributed by atoms with van der Waals surface area (Å²) in [4.78, 5) is 136. The molecule has 148 heavy (non-hydrogen) atoms. The number of aromatic nitrogens is 28. The van der Waals surface area contributed by atoms with Crippen LogP contribution >= 0.6 is 45.3 Å². The van der Waals surface area contributed by atoms with E-state index >= 15 is 0 Å². The van der Waals surface area contributed by atoms with Gasteiger partial charge in [-0.25, -0.2) is 39.9 Å². The minimum atomic E-state index is -0.506. The highest BCUT2D eigenvalue weighted by Crippen LogP contribution is 2.41. The molecule has 12 N–H and O–H groups in total. The highest BCUT2D eigenvalue weighted by molar-refractivity contribution is 7.09. The normalized spacial score (nSPS) is 11.5. The maximum absolute atomic E-state index is 12.6. The van der Waals surface area contributed by atoms with Crippen LogP contribution in [0, 0.1) is 11.3 Å². The summed E-state index contributed by atoms with van der Waals surface area (Å²) in [6.45, 7) is 9.31. The maximum atomic E-state index is 12.6. The first-order valence-corrected chi connectivity index (χ1v) is 50.1. The number of carbonyl (C=O) groups excluding carboxylic acids is 4. The van der Waals surface area contributed by atoms with E-state index in [2.05, 4.69) is 188 Å². The molecule has 720 valence electrons. The van der Waals surface area contributed by atoms with Crippen LogP contribution in [0.4, 0.5) is 22.7 Å². The van der Waals surface area contributed by atoms with Gasteiger partial charge in [0.15, 0.2) is 45.9 Å². The van der Waals surface area contributed by atoms with Gasteiger partial charge in [-0.3, -0.25) is 79.4 Å². The molecule has 4 amide bonds. The SMILES string of the molecule is CC(C)(C)C(=O)Nc1cncc(-c2cnc3n[nH]c(-c4nc5c(-c6ccsc6)cncc5[nH]4)c3c2)c1.CC(C)C(=O)Nc1cncc(-c2cnc3n[nH]c(-c4nc5c(-c6ccsc6)cncc5[nH]4)c3c2)c1.O=C(Cc1ccccc1)Nc1cncc(-c2cnc3n[nH]c(-c4nc5c(-c6ccsc6)cncc5[nH]4)c3c2)c1.O=C(Nc1cncc(-c2cnc3[nH]nc(-c4nc5c(-c6ccsc6)cncc5[nH]4)c3c2)c1)c1ccccc1. The molecule has 0 unspecified atom stereocenters. The van der Waals surface area contributed by atoms with E-state index in [-0.39, 0.29) is 36.0 Å². The van der Waals surface area contributed by atoms with Gasteiger partial charge in [0, 0.05) is 158 Å². The molecule has 0 aliphatic carbocycles. The second-order valence-corrected chi connectivity index (χ2v) is 38.8. The number of benzene rings is 2. The van der Waals surface area contributed by atoms with Crippen molar-refractivity contribution in [3.05, 3.63) is 312 Å². The largest absolute Gasteiger partial charge is 0.335 e. The number of rotatable bonds is 20. The van der Waals surface area contributed by atoms with Crippen molar-refractivity contribution in [1.29, 1.82) is 0 Å². The number of anilines is 4. The summed E-state index contributed by atoms with van der Waals surface area (Å²) in [6, 6.07) is 42.4. The minimum Gasteiger partial charge on any atom is -0.335 e. The summed E-state index contributed by atoms with van der Waals surface area (Å²) in [5.74, 6) is 2.02. The van der Waals surface area contributed by atoms with Crippen LogP contribution in [0.25, 0.3) is 223 Å². The van der Waals surface area contributed by atoms with Gasteiger partial charge in [0.25, 0.3) is 5.91 Å².